The highest BCUT2D eigenvalue weighted by Crippen LogP contribution is 2.31. The summed E-state index contributed by atoms with van der Waals surface area (Å²) in [5.74, 6) is 0. The van der Waals surface area contributed by atoms with Gasteiger partial charge in [-0.3, -0.25) is 5.43 Å². The lowest BCUT2D eigenvalue weighted by Gasteiger charge is -2.20. The fourth-order valence-electron chi connectivity index (χ4n) is 2.17. The van der Waals surface area contributed by atoms with Gasteiger partial charge >= 0.3 is 11.6 Å². The van der Waals surface area contributed by atoms with Crippen LogP contribution in [0.25, 0.3) is 0 Å². The van der Waals surface area contributed by atoms with Gasteiger partial charge in [0.05, 0.1) is 18.0 Å². The highest BCUT2D eigenvalue weighted by atomic mass is 35.5. The normalized spacial score (nSPS) is 12.6. The molecule has 0 aliphatic heterocycles. The first-order valence-electron chi connectivity index (χ1n) is 7.32. The molecule has 12 heteroatoms. The largest absolute Gasteiger partial charge is 0.501 e. The first-order chi connectivity index (χ1) is 12.6. The Kier molecular flexibility index (Phi) is 8.12. The van der Waals surface area contributed by atoms with Crippen molar-refractivity contribution in [2.24, 2.45) is 0 Å². The summed E-state index contributed by atoms with van der Waals surface area (Å²) >= 11 is 5.84. The standard InChI is InChI=1S/C16H14ClF3N2O4S.ClH/c1-26-15(23)22-21-14(10-2-6-12(17)7-3-10)11-4-8-13(9-5-11)27(24,25)16(18,19)20;/h2-9,14,21H,1H3,(H,22,23);1H. The number of carbonyl (C=O) groups is 1. The summed E-state index contributed by atoms with van der Waals surface area (Å²) in [5.41, 5.74) is 0.559. The molecule has 0 saturated carbocycles. The number of methoxy groups -OCH3 is 1. The van der Waals surface area contributed by atoms with E-state index in [0.29, 0.717) is 16.1 Å². The topological polar surface area (TPSA) is 84.5 Å². The molecule has 1 amide bonds. The molecule has 0 heterocycles. The van der Waals surface area contributed by atoms with Crippen molar-refractivity contribution in [3.8, 4) is 0 Å². The number of amides is 1. The van der Waals surface area contributed by atoms with E-state index in [9.17, 15) is 26.4 Å². The molecule has 2 N–H and O–H groups in total. The molecule has 154 valence electrons. The minimum Gasteiger partial charge on any atom is -0.452 e. The van der Waals surface area contributed by atoms with Crippen molar-refractivity contribution < 1.29 is 31.1 Å². The Labute approximate surface area is 170 Å². The Balaban J connectivity index is 0.00000392. The summed E-state index contributed by atoms with van der Waals surface area (Å²) in [6.07, 6.45) is -0.787. The zero-order valence-corrected chi connectivity index (χ0v) is 16.5. The van der Waals surface area contributed by atoms with E-state index >= 15 is 0 Å². The minimum absolute atomic E-state index is 0. The lowest BCUT2D eigenvalue weighted by atomic mass is 9.99. The molecule has 0 aliphatic rings. The second-order valence-electron chi connectivity index (χ2n) is 5.26. The van der Waals surface area contributed by atoms with Crippen LogP contribution in [0.3, 0.4) is 0 Å². The molecular weight excluding hydrogens is 444 g/mol. The van der Waals surface area contributed by atoms with E-state index < -0.39 is 32.4 Å². The van der Waals surface area contributed by atoms with E-state index in [2.05, 4.69) is 15.6 Å². The highest BCUT2D eigenvalue weighted by molar-refractivity contribution is 7.92. The van der Waals surface area contributed by atoms with Gasteiger partial charge in [-0.1, -0.05) is 35.9 Å². The average Bonchev–Trinajstić information content (AvgIpc) is 2.62. The smallest absolute Gasteiger partial charge is 0.452 e. The summed E-state index contributed by atoms with van der Waals surface area (Å²) < 4.78 is 65.4. The van der Waals surface area contributed by atoms with Crippen molar-refractivity contribution in [3.05, 3.63) is 64.7 Å². The molecule has 1 unspecified atom stereocenters. The summed E-state index contributed by atoms with van der Waals surface area (Å²) in [6, 6.07) is 9.87. The summed E-state index contributed by atoms with van der Waals surface area (Å²) in [6.45, 7) is 0. The molecule has 0 bridgehead atoms. The summed E-state index contributed by atoms with van der Waals surface area (Å²) in [5, 5.41) is 0.463. The Morgan fingerprint density at radius 3 is 1.93 bits per heavy atom. The van der Waals surface area contributed by atoms with Crippen molar-refractivity contribution in [1.29, 1.82) is 0 Å². The first kappa shape index (κ1) is 24.0. The maximum absolute atomic E-state index is 12.7. The molecule has 2 rings (SSSR count). The molecular formula is C16H15Cl2F3N2O4S. The quantitative estimate of drug-likeness (QED) is 0.661. The van der Waals surface area contributed by atoms with Crippen LogP contribution in [-0.2, 0) is 14.6 Å². The molecule has 0 fully saturated rings. The first-order valence-corrected chi connectivity index (χ1v) is 9.18. The summed E-state index contributed by atoms with van der Waals surface area (Å²) in [4.78, 5) is 10.4. The van der Waals surface area contributed by atoms with Crippen LogP contribution in [0.2, 0.25) is 5.02 Å². The van der Waals surface area contributed by atoms with Crippen LogP contribution in [0.4, 0.5) is 18.0 Å². The van der Waals surface area contributed by atoms with Gasteiger partial charge in [0.15, 0.2) is 0 Å². The monoisotopic (exact) mass is 458 g/mol. The van der Waals surface area contributed by atoms with Crippen molar-refractivity contribution >= 4 is 39.9 Å². The molecule has 0 saturated heterocycles. The maximum atomic E-state index is 12.7. The van der Waals surface area contributed by atoms with Gasteiger partial charge in [-0.15, -0.1) is 12.4 Å². The van der Waals surface area contributed by atoms with Gasteiger partial charge in [0.1, 0.15) is 0 Å². The fourth-order valence-corrected chi connectivity index (χ4v) is 3.06. The van der Waals surface area contributed by atoms with E-state index in [1.165, 1.54) is 12.1 Å². The van der Waals surface area contributed by atoms with Gasteiger partial charge in [0.25, 0.3) is 9.84 Å². The van der Waals surface area contributed by atoms with Gasteiger partial charge in [-0.25, -0.2) is 18.6 Å². The predicted octanol–water partition coefficient (Wildman–Crippen LogP) is 4.01. The minimum atomic E-state index is -5.45. The van der Waals surface area contributed by atoms with Crippen LogP contribution in [-0.4, -0.2) is 27.1 Å². The number of benzene rings is 2. The number of sulfone groups is 1. The van der Waals surface area contributed by atoms with Crippen LogP contribution in [0, 0.1) is 0 Å². The number of nitrogens with one attached hydrogen (secondary N) is 2. The molecule has 2 aromatic rings. The van der Waals surface area contributed by atoms with Crippen molar-refractivity contribution in [1.82, 2.24) is 10.9 Å². The van der Waals surface area contributed by atoms with Crippen LogP contribution < -0.4 is 10.9 Å². The fraction of sp³-hybridized carbons (Fsp3) is 0.188. The van der Waals surface area contributed by atoms with Crippen molar-refractivity contribution in [2.75, 3.05) is 7.11 Å². The van der Waals surface area contributed by atoms with E-state index in [-0.39, 0.29) is 12.4 Å². The number of alkyl halides is 3. The number of carbonyl (C=O) groups excluding carboxylic acids is 1. The highest BCUT2D eigenvalue weighted by Gasteiger charge is 2.46. The molecule has 6 nitrogen and oxygen atoms in total. The Morgan fingerprint density at radius 1 is 1.04 bits per heavy atom. The molecule has 0 aliphatic carbocycles. The molecule has 0 spiro atoms. The van der Waals surface area contributed by atoms with Gasteiger partial charge in [0.2, 0.25) is 0 Å². The Morgan fingerprint density at radius 2 is 1.50 bits per heavy atom. The van der Waals surface area contributed by atoms with E-state index in [1.807, 2.05) is 0 Å². The van der Waals surface area contributed by atoms with Crippen LogP contribution in [0.1, 0.15) is 17.2 Å². The number of hydrogen-bond donors (Lipinski definition) is 2. The van der Waals surface area contributed by atoms with Gasteiger partial charge in [-0.05, 0) is 35.4 Å². The van der Waals surface area contributed by atoms with Gasteiger partial charge < -0.3 is 4.74 Å². The third-order valence-electron chi connectivity index (χ3n) is 3.54. The predicted molar refractivity (Wildman–Crippen MR) is 98.9 cm³/mol. The van der Waals surface area contributed by atoms with Gasteiger partial charge in [0, 0.05) is 5.02 Å². The van der Waals surface area contributed by atoms with Crippen LogP contribution >= 0.6 is 24.0 Å². The molecule has 28 heavy (non-hydrogen) atoms. The average molecular weight is 459 g/mol. The number of ether oxygens (including phenoxy) is 1. The third-order valence-corrected chi connectivity index (χ3v) is 5.29. The van der Waals surface area contributed by atoms with Crippen LogP contribution in [0.15, 0.2) is 53.4 Å². The second-order valence-corrected chi connectivity index (χ2v) is 7.64. The molecule has 1 atom stereocenters. The Bertz CT molecular complexity index is 905. The number of halogens is 5. The van der Waals surface area contributed by atoms with E-state index in [1.54, 1.807) is 24.3 Å². The van der Waals surface area contributed by atoms with Crippen molar-refractivity contribution in [3.63, 3.8) is 0 Å². The summed E-state index contributed by atoms with van der Waals surface area (Å²) in [7, 11) is -4.29. The van der Waals surface area contributed by atoms with Crippen molar-refractivity contribution in [2.45, 2.75) is 16.4 Å². The zero-order valence-electron chi connectivity index (χ0n) is 14.2. The van der Waals surface area contributed by atoms with E-state index in [0.717, 1.165) is 19.2 Å². The lowest BCUT2D eigenvalue weighted by Crippen LogP contribution is -2.40. The Hall–Kier alpha value is -2.01. The molecule has 0 aromatic heterocycles. The van der Waals surface area contributed by atoms with Gasteiger partial charge in [-0.2, -0.15) is 13.2 Å². The molecule has 2 aromatic carbocycles. The second kappa shape index (κ2) is 9.46. The number of hydrogen-bond acceptors (Lipinski definition) is 5. The zero-order chi connectivity index (χ0) is 20.2. The third kappa shape index (κ3) is 5.51. The SMILES string of the molecule is COC(=O)NNC(c1ccc(Cl)cc1)c1ccc(S(=O)(=O)C(F)(F)F)cc1.Cl. The maximum Gasteiger partial charge on any atom is 0.501 e. The lowest BCUT2D eigenvalue weighted by molar-refractivity contribution is -0.0436. The molecule has 0 radical (unpaired) electrons. The van der Waals surface area contributed by atoms with E-state index in [4.69, 9.17) is 11.6 Å². The number of rotatable bonds is 5. The van der Waals surface area contributed by atoms with Crippen LogP contribution in [0.5, 0.6) is 0 Å². The number of hydrazine groups is 1.